The van der Waals surface area contributed by atoms with Crippen molar-refractivity contribution < 1.29 is 24.6 Å². The summed E-state index contributed by atoms with van der Waals surface area (Å²) in [5.41, 5.74) is 5.64. The van der Waals surface area contributed by atoms with Crippen LogP contribution in [-0.4, -0.2) is 52.1 Å². The van der Waals surface area contributed by atoms with Gasteiger partial charge in [0.2, 0.25) is 5.91 Å². The highest BCUT2D eigenvalue weighted by molar-refractivity contribution is 5.87. The van der Waals surface area contributed by atoms with Crippen LogP contribution in [0.15, 0.2) is 0 Å². The van der Waals surface area contributed by atoms with Gasteiger partial charge in [0, 0.05) is 12.0 Å². The maximum atomic E-state index is 12.6. The number of hydrogen-bond donors (Lipinski definition) is 3. The molecule has 0 aromatic carbocycles. The van der Waals surface area contributed by atoms with Crippen molar-refractivity contribution in [2.24, 2.45) is 23.0 Å². The zero-order chi connectivity index (χ0) is 16.4. The number of carboxylic acid groups (broad SMARTS) is 2. The molecule has 1 aliphatic rings. The van der Waals surface area contributed by atoms with Crippen LogP contribution in [0.1, 0.15) is 33.6 Å². The molecule has 1 fully saturated rings. The molecule has 0 saturated heterocycles. The van der Waals surface area contributed by atoms with Crippen LogP contribution >= 0.6 is 0 Å². The summed E-state index contributed by atoms with van der Waals surface area (Å²) in [6.07, 6.45) is 1.22. The molecule has 1 amide bonds. The predicted octanol–water partition coefficient (Wildman–Crippen LogP) is 0.384. The molecule has 0 aliphatic heterocycles. The van der Waals surface area contributed by atoms with Gasteiger partial charge in [-0.15, -0.1) is 0 Å². The van der Waals surface area contributed by atoms with E-state index in [1.165, 1.54) is 0 Å². The SMILES string of the molecule is CC1C(N)CCC(C(=O)N(CC(=O)O)CC(=O)O)C1(C)C. The molecule has 0 bridgehead atoms. The van der Waals surface area contributed by atoms with Crippen LogP contribution in [-0.2, 0) is 14.4 Å². The average molecular weight is 300 g/mol. The van der Waals surface area contributed by atoms with Gasteiger partial charge in [0.25, 0.3) is 0 Å². The van der Waals surface area contributed by atoms with Crippen molar-refractivity contribution in [3.8, 4) is 0 Å². The summed E-state index contributed by atoms with van der Waals surface area (Å²) in [7, 11) is 0. The van der Waals surface area contributed by atoms with E-state index in [0.717, 1.165) is 4.90 Å². The lowest BCUT2D eigenvalue weighted by atomic mass is 9.60. The van der Waals surface area contributed by atoms with Gasteiger partial charge in [0.15, 0.2) is 0 Å². The summed E-state index contributed by atoms with van der Waals surface area (Å²) < 4.78 is 0. The molecule has 0 heterocycles. The van der Waals surface area contributed by atoms with Crippen LogP contribution in [0.25, 0.3) is 0 Å². The van der Waals surface area contributed by atoms with E-state index in [0.29, 0.717) is 12.8 Å². The summed E-state index contributed by atoms with van der Waals surface area (Å²) in [5, 5.41) is 17.7. The van der Waals surface area contributed by atoms with Gasteiger partial charge in [-0.1, -0.05) is 20.8 Å². The Labute approximate surface area is 124 Å². The van der Waals surface area contributed by atoms with E-state index in [4.69, 9.17) is 15.9 Å². The van der Waals surface area contributed by atoms with Crippen LogP contribution in [0, 0.1) is 17.3 Å². The minimum absolute atomic E-state index is 0.00329. The van der Waals surface area contributed by atoms with Crippen LogP contribution in [0.5, 0.6) is 0 Å². The summed E-state index contributed by atoms with van der Waals surface area (Å²) in [4.78, 5) is 35.2. The number of rotatable bonds is 5. The van der Waals surface area contributed by atoms with Gasteiger partial charge < -0.3 is 20.8 Å². The third-order valence-electron chi connectivity index (χ3n) is 4.76. The lowest BCUT2D eigenvalue weighted by molar-refractivity contribution is -0.155. The molecule has 0 aromatic rings. The van der Waals surface area contributed by atoms with Crippen molar-refractivity contribution in [1.82, 2.24) is 4.90 Å². The van der Waals surface area contributed by atoms with E-state index in [-0.39, 0.29) is 12.0 Å². The Morgan fingerprint density at radius 1 is 1.14 bits per heavy atom. The molecule has 0 spiro atoms. The van der Waals surface area contributed by atoms with Crippen molar-refractivity contribution in [1.29, 1.82) is 0 Å². The largest absolute Gasteiger partial charge is 0.480 e. The monoisotopic (exact) mass is 300 g/mol. The highest BCUT2D eigenvalue weighted by Crippen LogP contribution is 2.45. The summed E-state index contributed by atoms with van der Waals surface area (Å²) in [6, 6.07) is -0.00329. The van der Waals surface area contributed by atoms with Gasteiger partial charge in [0.05, 0.1) is 0 Å². The zero-order valence-corrected chi connectivity index (χ0v) is 12.7. The van der Waals surface area contributed by atoms with E-state index in [9.17, 15) is 14.4 Å². The summed E-state index contributed by atoms with van der Waals surface area (Å²) in [6.45, 7) is 4.64. The quantitative estimate of drug-likeness (QED) is 0.675. The number of carbonyl (C=O) groups is 3. The minimum atomic E-state index is -1.22. The fourth-order valence-corrected chi connectivity index (χ4v) is 3.05. The highest BCUT2D eigenvalue weighted by Gasteiger charge is 2.46. The molecule has 1 saturated carbocycles. The van der Waals surface area contributed by atoms with Crippen LogP contribution in [0.4, 0.5) is 0 Å². The molecule has 7 heteroatoms. The molecule has 1 rings (SSSR count). The van der Waals surface area contributed by atoms with Gasteiger partial charge in [-0.3, -0.25) is 14.4 Å². The van der Waals surface area contributed by atoms with Crippen molar-refractivity contribution in [2.75, 3.05) is 13.1 Å². The molecule has 4 N–H and O–H groups in total. The Morgan fingerprint density at radius 2 is 1.62 bits per heavy atom. The number of hydrogen-bond acceptors (Lipinski definition) is 4. The van der Waals surface area contributed by atoms with Gasteiger partial charge >= 0.3 is 11.9 Å². The van der Waals surface area contributed by atoms with Gasteiger partial charge in [-0.05, 0) is 24.2 Å². The second kappa shape index (κ2) is 6.43. The molecule has 7 nitrogen and oxygen atoms in total. The van der Waals surface area contributed by atoms with Crippen LogP contribution in [0.2, 0.25) is 0 Å². The van der Waals surface area contributed by atoms with E-state index >= 15 is 0 Å². The van der Waals surface area contributed by atoms with Gasteiger partial charge in [-0.2, -0.15) is 0 Å². The minimum Gasteiger partial charge on any atom is -0.480 e. The fourth-order valence-electron chi connectivity index (χ4n) is 3.05. The Kier molecular flexibility index (Phi) is 5.33. The lowest BCUT2D eigenvalue weighted by Gasteiger charge is -2.47. The number of nitrogens with two attached hydrogens (primary N) is 1. The van der Waals surface area contributed by atoms with Crippen molar-refractivity contribution in [3.05, 3.63) is 0 Å². The van der Waals surface area contributed by atoms with E-state index in [2.05, 4.69) is 0 Å². The van der Waals surface area contributed by atoms with Crippen molar-refractivity contribution in [2.45, 2.75) is 39.7 Å². The molecular weight excluding hydrogens is 276 g/mol. The number of carboxylic acids is 2. The van der Waals surface area contributed by atoms with Crippen molar-refractivity contribution in [3.63, 3.8) is 0 Å². The first-order valence-corrected chi connectivity index (χ1v) is 7.05. The smallest absolute Gasteiger partial charge is 0.323 e. The van der Waals surface area contributed by atoms with Crippen LogP contribution < -0.4 is 5.73 Å². The first kappa shape index (κ1) is 17.4. The number of aliphatic carboxylic acids is 2. The fraction of sp³-hybridized carbons (Fsp3) is 0.786. The molecule has 1 aliphatic carbocycles. The van der Waals surface area contributed by atoms with E-state index in [1.54, 1.807) is 0 Å². The molecule has 0 radical (unpaired) electrons. The zero-order valence-electron chi connectivity index (χ0n) is 12.7. The Morgan fingerprint density at radius 3 is 2.05 bits per heavy atom. The Hall–Kier alpha value is -1.63. The topological polar surface area (TPSA) is 121 Å². The summed E-state index contributed by atoms with van der Waals surface area (Å²) >= 11 is 0. The second-order valence-electron chi connectivity index (χ2n) is 6.39. The molecule has 21 heavy (non-hydrogen) atoms. The van der Waals surface area contributed by atoms with Gasteiger partial charge in [0.1, 0.15) is 13.1 Å². The Bertz CT molecular complexity index is 419. The normalized spacial score (nSPS) is 27.9. The lowest BCUT2D eigenvalue weighted by Crippen LogP contribution is -2.53. The summed E-state index contributed by atoms with van der Waals surface area (Å²) in [5.74, 6) is -3.17. The van der Waals surface area contributed by atoms with E-state index < -0.39 is 42.3 Å². The van der Waals surface area contributed by atoms with Crippen molar-refractivity contribution >= 4 is 17.8 Å². The first-order chi connectivity index (χ1) is 9.57. The second-order valence-corrected chi connectivity index (χ2v) is 6.39. The predicted molar refractivity (Wildman–Crippen MR) is 75.5 cm³/mol. The first-order valence-electron chi connectivity index (χ1n) is 7.05. The maximum Gasteiger partial charge on any atom is 0.323 e. The molecule has 120 valence electrons. The molecule has 0 aromatic heterocycles. The standard InChI is InChI=1S/C14H24N2O5/c1-8-10(15)5-4-9(14(8,2)3)13(21)16(6-11(17)18)7-12(19)20/h8-10H,4-7,15H2,1-3H3,(H,17,18)(H,19,20). The molecule has 3 unspecified atom stereocenters. The molecule has 3 atom stereocenters. The average Bonchev–Trinajstić information content (AvgIpc) is 2.33. The number of nitrogens with zero attached hydrogens (tertiary/aromatic N) is 1. The number of carbonyl (C=O) groups excluding carboxylic acids is 1. The highest BCUT2D eigenvalue weighted by atomic mass is 16.4. The third-order valence-corrected chi connectivity index (χ3v) is 4.76. The Balaban J connectivity index is 2.96. The van der Waals surface area contributed by atoms with E-state index in [1.807, 2.05) is 20.8 Å². The number of amides is 1. The van der Waals surface area contributed by atoms with Gasteiger partial charge in [-0.25, -0.2) is 0 Å². The molecular formula is C14H24N2O5. The maximum absolute atomic E-state index is 12.6. The van der Waals surface area contributed by atoms with Crippen LogP contribution in [0.3, 0.4) is 0 Å². The third kappa shape index (κ3) is 3.93.